The molecule has 0 bridgehead atoms. The van der Waals surface area contributed by atoms with Gasteiger partial charge in [0.05, 0.1) is 6.04 Å². The largest absolute Gasteiger partial charge is 0.302 e. The van der Waals surface area contributed by atoms with Crippen molar-refractivity contribution >= 4 is 5.91 Å². The minimum atomic E-state index is -0.353. The highest BCUT2D eigenvalue weighted by Crippen LogP contribution is 2.12. The lowest BCUT2D eigenvalue weighted by Gasteiger charge is -2.28. The number of halogens is 1. The van der Waals surface area contributed by atoms with Crippen LogP contribution in [0.25, 0.3) is 0 Å². The van der Waals surface area contributed by atoms with Crippen LogP contribution < -0.4 is 5.32 Å². The predicted octanol–water partition coefficient (Wildman–Crippen LogP) is 1.60. The second kappa shape index (κ2) is 5.46. The van der Waals surface area contributed by atoms with E-state index in [0.717, 1.165) is 23.5 Å². The SMILES string of the molecule is Cc1cc(CNC2CCCN(O)C2=O)ccc1F. The summed E-state index contributed by atoms with van der Waals surface area (Å²) in [6.45, 7) is 2.60. The summed E-state index contributed by atoms with van der Waals surface area (Å²) in [6.07, 6.45) is 1.50. The Bertz CT molecular complexity index is 451. The van der Waals surface area contributed by atoms with Crippen LogP contribution in [0, 0.1) is 12.7 Å². The van der Waals surface area contributed by atoms with Crippen molar-refractivity contribution in [3.05, 3.63) is 35.1 Å². The molecule has 1 amide bonds. The molecular formula is C13H17FN2O2. The highest BCUT2D eigenvalue weighted by atomic mass is 19.1. The standard InChI is InChI=1S/C13H17FN2O2/c1-9-7-10(4-5-11(9)14)8-15-12-3-2-6-16(18)13(12)17/h4-5,7,12,15,18H,2-3,6,8H2,1H3. The number of hydrogen-bond acceptors (Lipinski definition) is 3. The van der Waals surface area contributed by atoms with Crippen LogP contribution in [0.15, 0.2) is 18.2 Å². The Labute approximate surface area is 105 Å². The number of rotatable bonds is 3. The maximum Gasteiger partial charge on any atom is 0.263 e. The van der Waals surface area contributed by atoms with Gasteiger partial charge in [-0.3, -0.25) is 10.0 Å². The molecule has 1 aromatic carbocycles. The number of hydroxylamine groups is 2. The molecule has 1 atom stereocenters. The molecule has 1 fully saturated rings. The Hall–Kier alpha value is -1.46. The summed E-state index contributed by atoms with van der Waals surface area (Å²) < 4.78 is 13.1. The summed E-state index contributed by atoms with van der Waals surface area (Å²) in [6, 6.07) is 4.52. The zero-order chi connectivity index (χ0) is 13.1. The molecule has 0 aliphatic carbocycles. The fourth-order valence-electron chi connectivity index (χ4n) is 2.11. The van der Waals surface area contributed by atoms with Crippen molar-refractivity contribution in [1.82, 2.24) is 10.4 Å². The van der Waals surface area contributed by atoms with Gasteiger partial charge < -0.3 is 5.32 Å². The lowest BCUT2D eigenvalue weighted by atomic mass is 10.1. The van der Waals surface area contributed by atoms with Crippen LogP contribution in [0.3, 0.4) is 0 Å². The first-order valence-corrected chi connectivity index (χ1v) is 6.06. The number of amides is 1. The van der Waals surface area contributed by atoms with Gasteiger partial charge in [-0.25, -0.2) is 9.45 Å². The molecular weight excluding hydrogens is 235 g/mol. The summed E-state index contributed by atoms with van der Waals surface area (Å²) in [7, 11) is 0. The van der Waals surface area contributed by atoms with Gasteiger partial charge in [-0.05, 0) is 37.0 Å². The van der Waals surface area contributed by atoms with Crippen LogP contribution in [0.1, 0.15) is 24.0 Å². The molecule has 1 unspecified atom stereocenters. The third kappa shape index (κ3) is 2.86. The van der Waals surface area contributed by atoms with Gasteiger partial charge in [0, 0.05) is 13.1 Å². The highest BCUT2D eigenvalue weighted by Gasteiger charge is 2.27. The molecule has 1 aromatic rings. The molecule has 1 saturated heterocycles. The number of benzene rings is 1. The van der Waals surface area contributed by atoms with Crippen LogP contribution in [0.5, 0.6) is 0 Å². The highest BCUT2D eigenvalue weighted by molar-refractivity contribution is 5.81. The normalized spacial score (nSPS) is 20.3. The molecule has 4 nitrogen and oxygen atoms in total. The minimum Gasteiger partial charge on any atom is -0.302 e. The van der Waals surface area contributed by atoms with Gasteiger partial charge in [0.15, 0.2) is 0 Å². The van der Waals surface area contributed by atoms with Crippen molar-refractivity contribution in [3.63, 3.8) is 0 Å². The van der Waals surface area contributed by atoms with E-state index in [2.05, 4.69) is 5.32 Å². The maximum absolute atomic E-state index is 13.1. The van der Waals surface area contributed by atoms with E-state index in [1.807, 2.05) is 0 Å². The maximum atomic E-state index is 13.1. The first kappa shape index (κ1) is 13.0. The molecule has 1 aliphatic heterocycles. The molecule has 98 valence electrons. The fourth-order valence-corrected chi connectivity index (χ4v) is 2.11. The summed E-state index contributed by atoms with van der Waals surface area (Å²) in [5, 5.41) is 13.2. The summed E-state index contributed by atoms with van der Waals surface area (Å²) >= 11 is 0. The van der Waals surface area contributed by atoms with Crippen molar-refractivity contribution in [3.8, 4) is 0 Å². The first-order chi connectivity index (χ1) is 8.58. The van der Waals surface area contributed by atoms with Gasteiger partial charge in [0.2, 0.25) is 0 Å². The van der Waals surface area contributed by atoms with Gasteiger partial charge in [0.1, 0.15) is 5.82 Å². The summed E-state index contributed by atoms with van der Waals surface area (Å²) in [5.41, 5.74) is 1.52. The van der Waals surface area contributed by atoms with Crippen LogP contribution in [-0.2, 0) is 11.3 Å². The third-order valence-corrected chi connectivity index (χ3v) is 3.19. The average molecular weight is 252 g/mol. The van der Waals surface area contributed by atoms with Crippen molar-refractivity contribution in [2.24, 2.45) is 0 Å². The molecule has 0 saturated carbocycles. The molecule has 1 heterocycles. The zero-order valence-corrected chi connectivity index (χ0v) is 10.3. The summed E-state index contributed by atoms with van der Waals surface area (Å²) in [4.78, 5) is 11.6. The molecule has 5 heteroatoms. The second-order valence-corrected chi connectivity index (χ2v) is 4.62. The van der Waals surface area contributed by atoms with Gasteiger partial charge in [-0.1, -0.05) is 12.1 Å². The first-order valence-electron chi connectivity index (χ1n) is 6.06. The fraction of sp³-hybridized carbons (Fsp3) is 0.462. The monoisotopic (exact) mass is 252 g/mol. The number of nitrogens with zero attached hydrogens (tertiary/aromatic N) is 1. The number of carbonyl (C=O) groups is 1. The molecule has 1 aliphatic rings. The minimum absolute atomic E-state index is 0.228. The van der Waals surface area contributed by atoms with Crippen LogP contribution in [-0.4, -0.2) is 28.8 Å². The molecule has 0 spiro atoms. The van der Waals surface area contributed by atoms with E-state index in [0.29, 0.717) is 18.7 Å². The Kier molecular flexibility index (Phi) is 3.93. The summed E-state index contributed by atoms with van der Waals surface area (Å²) in [5.74, 6) is -0.519. The number of aryl methyl sites for hydroxylation is 1. The Balaban J connectivity index is 1.94. The number of hydrogen-bond donors (Lipinski definition) is 2. The third-order valence-electron chi connectivity index (χ3n) is 3.19. The van der Waals surface area contributed by atoms with E-state index >= 15 is 0 Å². The predicted molar refractivity (Wildman–Crippen MR) is 64.5 cm³/mol. The van der Waals surface area contributed by atoms with Gasteiger partial charge in [0.25, 0.3) is 5.91 Å². The quantitative estimate of drug-likeness (QED) is 0.803. The second-order valence-electron chi connectivity index (χ2n) is 4.62. The van der Waals surface area contributed by atoms with Crippen molar-refractivity contribution in [1.29, 1.82) is 0 Å². The molecule has 18 heavy (non-hydrogen) atoms. The van der Waals surface area contributed by atoms with E-state index in [1.165, 1.54) is 6.07 Å². The van der Waals surface area contributed by atoms with E-state index in [4.69, 9.17) is 0 Å². The number of nitrogens with one attached hydrogen (secondary N) is 1. The topological polar surface area (TPSA) is 52.6 Å². The lowest BCUT2D eigenvalue weighted by Crippen LogP contribution is -2.49. The van der Waals surface area contributed by atoms with Crippen molar-refractivity contribution in [2.45, 2.75) is 32.4 Å². The van der Waals surface area contributed by atoms with E-state index in [1.54, 1.807) is 19.1 Å². The molecule has 0 radical (unpaired) electrons. The zero-order valence-electron chi connectivity index (χ0n) is 10.3. The van der Waals surface area contributed by atoms with Crippen LogP contribution in [0.2, 0.25) is 0 Å². The lowest BCUT2D eigenvalue weighted by molar-refractivity contribution is -0.172. The smallest absolute Gasteiger partial charge is 0.263 e. The molecule has 0 aromatic heterocycles. The molecule has 2 N–H and O–H groups in total. The van der Waals surface area contributed by atoms with Gasteiger partial charge in [-0.15, -0.1) is 0 Å². The number of piperidine rings is 1. The van der Waals surface area contributed by atoms with Crippen molar-refractivity contribution in [2.75, 3.05) is 6.54 Å². The van der Waals surface area contributed by atoms with Crippen LogP contribution >= 0.6 is 0 Å². The Morgan fingerprint density at radius 2 is 2.33 bits per heavy atom. The average Bonchev–Trinajstić information content (AvgIpc) is 2.35. The Morgan fingerprint density at radius 1 is 1.56 bits per heavy atom. The number of carbonyl (C=O) groups excluding carboxylic acids is 1. The van der Waals surface area contributed by atoms with Gasteiger partial charge >= 0.3 is 0 Å². The molecule has 2 rings (SSSR count). The van der Waals surface area contributed by atoms with Crippen LogP contribution in [0.4, 0.5) is 4.39 Å². The van der Waals surface area contributed by atoms with Crippen molar-refractivity contribution < 1.29 is 14.4 Å². The Morgan fingerprint density at radius 3 is 3.06 bits per heavy atom. The van der Waals surface area contributed by atoms with E-state index in [-0.39, 0.29) is 17.8 Å². The van der Waals surface area contributed by atoms with Gasteiger partial charge in [-0.2, -0.15) is 0 Å². The van der Waals surface area contributed by atoms with E-state index < -0.39 is 0 Å². The van der Waals surface area contributed by atoms with E-state index in [9.17, 15) is 14.4 Å².